The summed E-state index contributed by atoms with van der Waals surface area (Å²) >= 11 is 0. The van der Waals surface area contributed by atoms with Crippen molar-refractivity contribution in [1.82, 2.24) is 4.90 Å². The molecule has 0 aliphatic carbocycles. The number of aliphatic hydroxyl groups is 1. The van der Waals surface area contributed by atoms with Gasteiger partial charge < -0.3 is 14.4 Å². The predicted molar refractivity (Wildman–Crippen MR) is 108 cm³/mol. The quantitative estimate of drug-likeness (QED) is 0.738. The molecule has 1 aliphatic heterocycles. The van der Waals surface area contributed by atoms with E-state index in [0.29, 0.717) is 29.5 Å². The van der Waals surface area contributed by atoms with Crippen molar-refractivity contribution in [3.05, 3.63) is 80.7 Å². The van der Waals surface area contributed by atoms with Gasteiger partial charge in [-0.15, -0.1) is 0 Å². The van der Waals surface area contributed by atoms with Crippen LogP contribution in [-0.4, -0.2) is 29.1 Å². The van der Waals surface area contributed by atoms with Crippen LogP contribution >= 0.6 is 0 Å². The molecule has 3 aromatic rings. The summed E-state index contributed by atoms with van der Waals surface area (Å²) in [6.07, 6.45) is 1.36. The van der Waals surface area contributed by atoms with E-state index in [1.807, 2.05) is 37.3 Å². The molecule has 0 unspecified atom stereocenters. The van der Waals surface area contributed by atoms with Crippen LogP contribution < -0.4 is 5.43 Å². The Morgan fingerprint density at radius 1 is 1.11 bits per heavy atom. The van der Waals surface area contributed by atoms with Crippen molar-refractivity contribution < 1.29 is 14.3 Å². The number of nitrogens with zero attached hydrogens (tertiary/aromatic N) is 1. The van der Waals surface area contributed by atoms with Crippen LogP contribution in [0, 0.1) is 6.92 Å². The molecule has 1 aliphatic rings. The molecule has 0 saturated heterocycles. The van der Waals surface area contributed by atoms with Crippen LogP contribution in [0.15, 0.2) is 51.7 Å². The highest BCUT2D eigenvalue weighted by atomic mass is 16.3. The number of fused-ring (bicyclic) bond motifs is 2. The number of carbonyl (C=O) groups is 1. The maximum atomic E-state index is 13.4. The SMILES string of the molecule is CCc1ccc([C@H]2c3c(oc4ccc(C)cc4c3=O)C(=O)N2CCCO)cc1. The standard InChI is InChI=1S/C23H23NO4/c1-3-15-6-8-16(9-7-15)20-19-21(26)17-13-14(2)5-10-18(17)28-22(19)23(27)24(20)11-4-12-25/h5-10,13,20,25H,3-4,11-12H2,1-2H3/t20-/m0/s1. The number of carbonyl (C=O) groups excluding carboxylic acids is 1. The predicted octanol–water partition coefficient (Wildman–Crippen LogP) is 3.59. The van der Waals surface area contributed by atoms with Crippen molar-refractivity contribution in [2.45, 2.75) is 32.7 Å². The smallest absolute Gasteiger partial charge is 0.290 e. The Balaban J connectivity index is 1.94. The average Bonchev–Trinajstić information content (AvgIpc) is 2.99. The molecule has 28 heavy (non-hydrogen) atoms. The minimum atomic E-state index is -0.499. The fourth-order valence-electron chi connectivity index (χ4n) is 3.89. The second-order valence-corrected chi connectivity index (χ2v) is 7.25. The van der Waals surface area contributed by atoms with Crippen LogP contribution in [0.25, 0.3) is 11.0 Å². The summed E-state index contributed by atoms with van der Waals surface area (Å²) in [7, 11) is 0. The lowest BCUT2D eigenvalue weighted by Gasteiger charge is -2.25. The maximum absolute atomic E-state index is 13.4. The molecule has 144 valence electrons. The molecule has 0 saturated carbocycles. The number of benzene rings is 2. The zero-order valence-electron chi connectivity index (χ0n) is 16.1. The molecule has 2 heterocycles. The van der Waals surface area contributed by atoms with Crippen LogP contribution in [0.4, 0.5) is 0 Å². The van der Waals surface area contributed by atoms with Gasteiger partial charge in [0.25, 0.3) is 5.91 Å². The summed E-state index contributed by atoms with van der Waals surface area (Å²) in [6.45, 7) is 4.34. The first kappa shape index (κ1) is 18.4. The van der Waals surface area contributed by atoms with Crippen molar-refractivity contribution in [2.24, 2.45) is 0 Å². The Morgan fingerprint density at radius 2 is 1.86 bits per heavy atom. The van der Waals surface area contributed by atoms with Gasteiger partial charge in [0, 0.05) is 13.2 Å². The number of hydrogen-bond acceptors (Lipinski definition) is 4. The van der Waals surface area contributed by atoms with Gasteiger partial charge in [-0.3, -0.25) is 9.59 Å². The molecular formula is C23H23NO4. The zero-order chi connectivity index (χ0) is 19.8. The summed E-state index contributed by atoms with van der Waals surface area (Å²) in [6, 6.07) is 12.9. The Bertz CT molecular complexity index is 1100. The molecule has 0 bridgehead atoms. The molecule has 4 rings (SSSR count). The Labute approximate surface area is 163 Å². The van der Waals surface area contributed by atoms with E-state index >= 15 is 0 Å². The lowest BCUT2D eigenvalue weighted by Crippen LogP contribution is -2.31. The van der Waals surface area contributed by atoms with Gasteiger partial charge in [0.15, 0.2) is 5.43 Å². The summed E-state index contributed by atoms with van der Waals surface area (Å²) < 4.78 is 5.91. The molecular weight excluding hydrogens is 354 g/mol. The molecule has 2 aromatic carbocycles. The average molecular weight is 377 g/mol. The molecule has 5 nitrogen and oxygen atoms in total. The first-order valence-corrected chi connectivity index (χ1v) is 9.63. The third kappa shape index (κ3) is 2.92. The van der Waals surface area contributed by atoms with Gasteiger partial charge in [0.2, 0.25) is 5.76 Å². The van der Waals surface area contributed by atoms with E-state index in [1.165, 1.54) is 5.56 Å². The third-order valence-corrected chi connectivity index (χ3v) is 5.38. The molecule has 0 radical (unpaired) electrons. The fourth-order valence-corrected chi connectivity index (χ4v) is 3.89. The highest BCUT2D eigenvalue weighted by Gasteiger charge is 2.42. The van der Waals surface area contributed by atoms with Crippen LogP contribution in [0.5, 0.6) is 0 Å². The lowest BCUT2D eigenvalue weighted by molar-refractivity contribution is 0.0716. The van der Waals surface area contributed by atoms with Gasteiger partial charge in [-0.25, -0.2) is 0 Å². The van der Waals surface area contributed by atoms with Crippen molar-refractivity contribution in [3.8, 4) is 0 Å². The lowest BCUT2D eigenvalue weighted by atomic mass is 9.97. The molecule has 1 N–H and O–H groups in total. The van der Waals surface area contributed by atoms with E-state index in [2.05, 4.69) is 6.92 Å². The first-order valence-electron chi connectivity index (χ1n) is 9.63. The second-order valence-electron chi connectivity index (χ2n) is 7.25. The highest BCUT2D eigenvalue weighted by molar-refractivity contribution is 5.99. The summed E-state index contributed by atoms with van der Waals surface area (Å²) in [5, 5.41) is 9.76. The maximum Gasteiger partial charge on any atom is 0.290 e. The molecule has 1 atom stereocenters. The molecule has 5 heteroatoms. The van der Waals surface area contributed by atoms with Gasteiger partial charge in [0.1, 0.15) is 5.58 Å². The van der Waals surface area contributed by atoms with Crippen LogP contribution in [0.2, 0.25) is 0 Å². The highest BCUT2D eigenvalue weighted by Crippen LogP contribution is 2.38. The normalized spacial score (nSPS) is 16.0. The number of aryl methyl sites for hydroxylation is 2. The van der Waals surface area contributed by atoms with Gasteiger partial charge in [-0.1, -0.05) is 42.8 Å². The Kier molecular flexibility index (Phi) is 4.77. The Morgan fingerprint density at radius 3 is 2.54 bits per heavy atom. The zero-order valence-corrected chi connectivity index (χ0v) is 16.1. The fraction of sp³-hybridized carbons (Fsp3) is 0.304. The second kappa shape index (κ2) is 7.24. The van der Waals surface area contributed by atoms with E-state index in [0.717, 1.165) is 17.5 Å². The molecule has 1 aromatic heterocycles. The van der Waals surface area contributed by atoms with E-state index in [-0.39, 0.29) is 23.7 Å². The van der Waals surface area contributed by atoms with Crippen LogP contribution in [0.3, 0.4) is 0 Å². The van der Waals surface area contributed by atoms with E-state index < -0.39 is 6.04 Å². The Hall–Kier alpha value is -2.92. The van der Waals surface area contributed by atoms with E-state index in [4.69, 9.17) is 4.42 Å². The van der Waals surface area contributed by atoms with Gasteiger partial charge in [0.05, 0.1) is 17.0 Å². The van der Waals surface area contributed by atoms with Crippen molar-refractivity contribution >= 4 is 16.9 Å². The molecule has 1 amide bonds. The largest absolute Gasteiger partial charge is 0.450 e. The number of amides is 1. The van der Waals surface area contributed by atoms with Crippen molar-refractivity contribution in [2.75, 3.05) is 13.2 Å². The molecule has 0 fully saturated rings. The summed E-state index contributed by atoms with van der Waals surface area (Å²) in [4.78, 5) is 28.1. The minimum Gasteiger partial charge on any atom is -0.450 e. The van der Waals surface area contributed by atoms with Crippen LogP contribution in [-0.2, 0) is 6.42 Å². The summed E-state index contributed by atoms with van der Waals surface area (Å²) in [5.41, 5.74) is 3.68. The van der Waals surface area contributed by atoms with Gasteiger partial charge in [-0.05, 0) is 43.0 Å². The van der Waals surface area contributed by atoms with Gasteiger partial charge in [-0.2, -0.15) is 0 Å². The van der Waals surface area contributed by atoms with Crippen molar-refractivity contribution in [1.29, 1.82) is 0 Å². The number of hydrogen-bond donors (Lipinski definition) is 1. The number of aliphatic hydroxyl groups excluding tert-OH is 1. The minimum absolute atomic E-state index is 0.0236. The van der Waals surface area contributed by atoms with E-state index in [9.17, 15) is 14.7 Å². The topological polar surface area (TPSA) is 70.8 Å². The van der Waals surface area contributed by atoms with E-state index in [1.54, 1.807) is 17.0 Å². The molecule has 0 spiro atoms. The monoisotopic (exact) mass is 377 g/mol. The van der Waals surface area contributed by atoms with Crippen LogP contribution in [0.1, 0.15) is 52.2 Å². The third-order valence-electron chi connectivity index (χ3n) is 5.38. The van der Waals surface area contributed by atoms with Gasteiger partial charge >= 0.3 is 0 Å². The summed E-state index contributed by atoms with van der Waals surface area (Å²) in [5.74, 6) is -0.184. The first-order chi connectivity index (χ1) is 13.5. The number of rotatable bonds is 5. The van der Waals surface area contributed by atoms with Crippen molar-refractivity contribution in [3.63, 3.8) is 0 Å².